The molecule has 6 heteroatoms. The van der Waals surface area contributed by atoms with Crippen LogP contribution < -0.4 is 5.32 Å². The minimum atomic E-state index is -0.356. The minimum absolute atomic E-state index is 0.0300. The van der Waals surface area contributed by atoms with Crippen LogP contribution in [0.25, 0.3) is 0 Å². The van der Waals surface area contributed by atoms with Gasteiger partial charge < -0.3 is 10.1 Å². The fourth-order valence-corrected chi connectivity index (χ4v) is 1.36. The molecule has 0 aliphatic heterocycles. The number of nitrogens with zero attached hydrogens (tertiary/aromatic N) is 1. The predicted octanol–water partition coefficient (Wildman–Crippen LogP) is 2.36. The first-order chi connectivity index (χ1) is 7.13. The first-order valence-electron chi connectivity index (χ1n) is 4.34. The van der Waals surface area contributed by atoms with E-state index < -0.39 is 0 Å². The van der Waals surface area contributed by atoms with Crippen LogP contribution in [0.15, 0.2) is 12.3 Å². The molecule has 1 heterocycles. The number of anilines is 1. The van der Waals surface area contributed by atoms with Crippen LogP contribution in [-0.2, 0) is 9.53 Å². The molecule has 15 heavy (non-hydrogen) atoms. The molecule has 82 valence electrons. The van der Waals surface area contributed by atoms with Crippen molar-refractivity contribution >= 4 is 35.0 Å². The number of rotatable bonds is 4. The number of nitrogens with one attached hydrogen (secondary N) is 1. The molecule has 0 fully saturated rings. The van der Waals surface area contributed by atoms with Crippen LogP contribution in [0.1, 0.15) is 6.92 Å². The van der Waals surface area contributed by atoms with Gasteiger partial charge in [-0.3, -0.25) is 4.79 Å². The van der Waals surface area contributed by atoms with Gasteiger partial charge in [0.15, 0.2) is 0 Å². The maximum absolute atomic E-state index is 11.0. The molecule has 0 bridgehead atoms. The molecule has 4 nitrogen and oxygen atoms in total. The molecular formula is C9H10Cl2N2O2. The van der Waals surface area contributed by atoms with E-state index in [0.29, 0.717) is 22.5 Å². The Hall–Kier alpha value is -1.000. The van der Waals surface area contributed by atoms with E-state index in [4.69, 9.17) is 27.9 Å². The van der Waals surface area contributed by atoms with Crippen LogP contribution in [-0.4, -0.2) is 24.1 Å². The summed E-state index contributed by atoms with van der Waals surface area (Å²) in [6, 6.07) is 1.55. The third kappa shape index (κ3) is 3.93. The Morgan fingerprint density at radius 1 is 1.60 bits per heavy atom. The summed E-state index contributed by atoms with van der Waals surface area (Å²) in [4.78, 5) is 14.9. The minimum Gasteiger partial charge on any atom is -0.465 e. The fraction of sp³-hybridized carbons (Fsp3) is 0.333. The van der Waals surface area contributed by atoms with Gasteiger partial charge in [0, 0.05) is 6.20 Å². The van der Waals surface area contributed by atoms with Gasteiger partial charge in [-0.05, 0) is 13.0 Å². The maximum atomic E-state index is 11.0. The summed E-state index contributed by atoms with van der Waals surface area (Å²) in [6.45, 7) is 2.12. The molecule has 0 saturated heterocycles. The van der Waals surface area contributed by atoms with Crippen molar-refractivity contribution in [2.24, 2.45) is 0 Å². The number of hydrogen-bond donors (Lipinski definition) is 1. The van der Waals surface area contributed by atoms with Crippen molar-refractivity contribution in [3.8, 4) is 0 Å². The number of hydrogen-bond acceptors (Lipinski definition) is 4. The van der Waals surface area contributed by atoms with Gasteiger partial charge in [-0.25, -0.2) is 4.98 Å². The molecule has 1 aromatic heterocycles. The number of ether oxygens (including phenoxy) is 1. The van der Waals surface area contributed by atoms with E-state index in [1.807, 2.05) is 0 Å². The van der Waals surface area contributed by atoms with Crippen molar-refractivity contribution in [2.75, 3.05) is 18.5 Å². The van der Waals surface area contributed by atoms with Gasteiger partial charge in [0.1, 0.15) is 12.4 Å². The molecule has 1 rings (SSSR count). The summed E-state index contributed by atoms with van der Waals surface area (Å²) in [7, 11) is 0. The molecule has 0 amide bonds. The summed E-state index contributed by atoms with van der Waals surface area (Å²) in [5.74, 6) is 0.0550. The van der Waals surface area contributed by atoms with Crippen molar-refractivity contribution in [1.29, 1.82) is 0 Å². The number of pyridine rings is 1. The van der Waals surface area contributed by atoms with Crippen LogP contribution in [0.2, 0.25) is 10.0 Å². The lowest BCUT2D eigenvalue weighted by Gasteiger charge is -2.06. The Balaban J connectivity index is 2.54. The normalized spacial score (nSPS) is 9.80. The quantitative estimate of drug-likeness (QED) is 0.832. The molecule has 0 spiro atoms. The average Bonchev–Trinajstić information content (AvgIpc) is 2.17. The molecule has 0 aliphatic carbocycles. The van der Waals surface area contributed by atoms with E-state index in [1.165, 1.54) is 6.20 Å². The van der Waals surface area contributed by atoms with Gasteiger partial charge in [-0.1, -0.05) is 23.2 Å². The Morgan fingerprint density at radius 3 is 2.93 bits per heavy atom. The van der Waals surface area contributed by atoms with Crippen molar-refractivity contribution in [3.63, 3.8) is 0 Å². The second kappa shape index (κ2) is 5.78. The Morgan fingerprint density at radius 2 is 2.33 bits per heavy atom. The van der Waals surface area contributed by atoms with Gasteiger partial charge >= 0.3 is 5.97 Å². The molecule has 0 aliphatic rings. The third-order valence-corrected chi connectivity index (χ3v) is 2.01. The highest BCUT2D eigenvalue weighted by Crippen LogP contribution is 2.22. The van der Waals surface area contributed by atoms with Crippen LogP contribution in [0.4, 0.5) is 5.82 Å². The van der Waals surface area contributed by atoms with Gasteiger partial charge in [0.05, 0.1) is 16.7 Å². The highest BCUT2D eigenvalue weighted by Gasteiger charge is 2.05. The van der Waals surface area contributed by atoms with Crippen LogP contribution >= 0.6 is 23.2 Å². The summed E-state index contributed by atoms with van der Waals surface area (Å²) in [5.41, 5.74) is 0. The van der Waals surface area contributed by atoms with E-state index in [1.54, 1.807) is 13.0 Å². The lowest BCUT2D eigenvalue weighted by Crippen LogP contribution is -2.17. The number of carbonyl (C=O) groups excluding carboxylic acids is 1. The van der Waals surface area contributed by atoms with E-state index >= 15 is 0 Å². The van der Waals surface area contributed by atoms with E-state index in [0.717, 1.165) is 0 Å². The van der Waals surface area contributed by atoms with E-state index in [9.17, 15) is 4.79 Å². The molecular weight excluding hydrogens is 239 g/mol. The molecule has 0 atom stereocenters. The molecule has 0 aromatic carbocycles. The van der Waals surface area contributed by atoms with Gasteiger partial charge in [-0.15, -0.1) is 0 Å². The second-order valence-corrected chi connectivity index (χ2v) is 3.49. The van der Waals surface area contributed by atoms with Crippen molar-refractivity contribution < 1.29 is 9.53 Å². The number of halogens is 2. The average molecular weight is 249 g/mol. The predicted molar refractivity (Wildman–Crippen MR) is 59.4 cm³/mol. The van der Waals surface area contributed by atoms with Crippen LogP contribution in [0, 0.1) is 0 Å². The van der Waals surface area contributed by atoms with Gasteiger partial charge in [0.25, 0.3) is 0 Å². The third-order valence-electron chi connectivity index (χ3n) is 1.51. The SMILES string of the molecule is CCOC(=O)CNc1ncc(Cl)cc1Cl. The molecule has 0 unspecified atom stereocenters. The monoisotopic (exact) mass is 248 g/mol. The van der Waals surface area contributed by atoms with Crippen LogP contribution in [0.3, 0.4) is 0 Å². The summed E-state index contributed by atoms with van der Waals surface area (Å²) in [5, 5.41) is 3.56. The molecule has 1 aromatic rings. The zero-order valence-corrected chi connectivity index (χ0v) is 9.60. The molecule has 0 saturated carbocycles. The summed E-state index contributed by atoms with van der Waals surface area (Å²) < 4.78 is 4.73. The Kier molecular flexibility index (Phi) is 4.65. The lowest BCUT2D eigenvalue weighted by molar-refractivity contribution is -0.140. The van der Waals surface area contributed by atoms with Gasteiger partial charge in [-0.2, -0.15) is 0 Å². The molecule has 1 N–H and O–H groups in total. The largest absolute Gasteiger partial charge is 0.465 e. The standard InChI is InChI=1S/C9H10Cl2N2O2/c1-2-15-8(14)5-13-9-7(11)3-6(10)4-12-9/h3-4H,2,5H2,1H3,(H,12,13). The lowest BCUT2D eigenvalue weighted by atomic mass is 10.4. The number of carbonyl (C=O) groups is 1. The zero-order valence-electron chi connectivity index (χ0n) is 8.09. The van der Waals surface area contributed by atoms with Crippen LogP contribution in [0.5, 0.6) is 0 Å². The molecule has 0 radical (unpaired) electrons. The van der Waals surface area contributed by atoms with Crippen molar-refractivity contribution in [1.82, 2.24) is 4.98 Å². The zero-order chi connectivity index (χ0) is 11.3. The van der Waals surface area contributed by atoms with Crippen molar-refractivity contribution in [2.45, 2.75) is 6.92 Å². The van der Waals surface area contributed by atoms with Gasteiger partial charge in [0.2, 0.25) is 0 Å². The van der Waals surface area contributed by atoms with Crippen molar-refractivity contribution in [3.05, 3.63) is 22.3 Å². The Bertz CT molecular complexity index is 358. The highest BCUT2D eigenvalue weighted by atomic mass is 35.5. The van der Waals surface area contributed by atoms with E-state index in [-0.39, 0.29) is 12.5 Å². The smallest absolute Gasteiger partial charge is 0.325 e. The topological polar surface area (TPSA) is 51.2 Å². The van der Waals surface area contributed by atoms with E-state index in [2.05, 4.69) is 10.3 Å². The summed E-state index contributed by atoms with van der Waals surface area (Å²) in [6.07, 6.45) is 1.45. The maximum Gasteiger partial charge on any atom is 0.325 e. The number of aromatic nitrogens is 1. The first kappa shape index (κ1) is 12.1. The second-order valence-electron chi connectivity index (χ2n) is 2.64. The Labute approximate surface area is 97.5 Å². The summed E-state index contributed by atoms with van der Waals surface area (Å²) >= 11 is 11.5. The highest BCUT2D eigenvalue weighted by molar-refractivity contribution is 6.35. The first-order valence-corrected chi connectivity index (χ1v) is 5.09. The fourth-order valence-electron chi connectivity index (χ4n) is 0.913. The number of esters is 1.